The Morgan fingerprint density at radius 2 is 1.18 bits per heavy atom. The van der Waals surface area contributed by atoms with E-state index in [0.29, 0.717) is 60.0 Å². The number of esters is 3. The zero-order valence-electron chi connectivity index (χ0n) is 21.3. The SMILES string of the molecule is C=C(C)C(=O)OCCCCOc1ccc(C(=O)Oc2ccc(C(=O)Oc3ccc(C#CC)cc3)cc2)cc1. The lowest BCUT2D eigenvalue weighted by molar-refractivity contribution is -0.139. The van der Waals surface area contributed by atoms with Crippen molar-refractivity contribution in [3.8, 4) is 29.1 Å². The Morgan fingerprint density at radius 3 is 1.68 bits per heavy atom. The highest BCUT2D eigenvalue weighted by Crippen LogP contribution is 2.19. The van der Waals surface area contributed by atoms with Crippen molar-refractivity contribution in [1.29, 1.82) is 0 Å². The number of carbonyl (C=O) groups excluding carboxylic acids is 3. The molecule has 0 aliphatic carbocycles. The number of carbonyl (C=O) groups is 3. The van der Waals surface area contributed by atoms with Crippen molar-refractivity contribution in [1.82, 2.24) is 0 Å². The standard InChI is InChI=1S/C31H28O7/c1-4-7-23-8-14-27(15-9-23)37-31(34)25-12-18-28(19-13-25)38-30(33)24-10-16-26(17-11-24)35-20-5-6-21-36-29(32)22(2)3/h8-19H,2,5-6,20-21H2,1,3H3. The lowest BCUT2D eigenvalue weighted by Gasteiger charge is -2.09. The normalized spacial score (nSPS) is 9.95. The second-order valence-electron chi connectivity index (χ2n) is 8.20. The summed E-state index contributed by atoms with van der Waals surface area (Å²) in [5.74, 6) is 5.57. The third-order valence-electron chi connectivity index (χ3n) is 5.11. The second kappa shape index (κ2) is 14.0. The smallest absolute Gasteiger partial charge is 0.343 e. The first kappa shape index (κ1) is 27.8. The first-order valence-electron chi connectivity index (χ1n) is 12.0. The molecule has 38 heavy (non-hydrogen) atoms. The van der Waals surface area contributed by atoms with E-state index in [9.17, 15) is 14.4 Å². The van der Waals surface area contributed by atoms with Gasteiger partial charge in [-0.3, -0.25) is 0 Å². The fraction of sp³-hybridized carbons (Fsp3) is 0.194. The van der Waals surface area contributed by atoms with Crippen molar-refractivity contribution < 1.29 is 33.3 Å². The highest BCUT2D eigenvalue weighted by molar-refractivity contribution is 5.92. The van der Waals surface area contributed by atoms with Gasteiger partial charge in [0.05, 0.1) is 24.3 Å². The van der Waals surface area contributed by atoms with Crippen molar-refractivity contribution >= 4 is 17.9 Å². The van der Waals surface area contributed by atoms with Gasteiger partial charge in [-0.2, -0.15) is 0 Å². The van der Waals surface area contributed by atoms with Crippen LogP contribution in [-0.2, 0) is 9.53 Å². The molecule has 0 unspecified atom stereocenters. The molecule has 0 aliphatic heterocycles. The molecule has 0 aliphatic rings. The molecule has 0 bridgehead atoms. The maximum Gasteiger partial charge on any atom is 0.343 e. The molecule has 194 valence electrons. The number of hydrogen-bond donors (Lipinski definition) is 0. The molecule has 0 saturated heterocycles. The average Bonchev–Trinajstić information content (AvgIpc) is 2.92. The Balaban J connectivity index is 1.43. The van der Waals surface area contributed by atoms with Crippen molar-refractivity contribution in [3.05, 3.63) is 102 Å². The molecule has 0 fully saturated rings. The Bertz CT molecular complexity index is 1330. The zero-order valence-corrected chi connectivity index (χ0v) is 21.3. The van der Waals surface area contributed by atoms with E-state index in [1.165, 1.54) is 24.3 Å². The Kier molecular flexibility index (Phi) is 10.3. The molecule has 0 saturated carbocycles. The first-order valence-corrected chi connectivity index (χ1v) is 12.0. The number of benzene rings is 3. The largest absolute Gasteiger partial charge is 0.494 e. The average molecular weight is 513 g/mol. The van der Waals surface area contributed by atoms with Crippen LogP contribution in [0.5, 0.6) is 17.2 Å². The van der Waals surface area contributed by atoms with Gasteiger partial charge in [0.2, 0.25) is 0 Å². The van der Waals surface area contributed by atoms with Crippen molar-refractivity contribution in [2.24, 2.45) is 0 Å². The van der Waals surface area contributed by atoms with Crippen LogP contribution in [0.2, 0.25) is 0 Å². The van der Waals surface area contributed by atoms with Crippen LogP contribution in [-0.4, -0.2) is 31.1 Å². The zero-order chi connectivity index (χ0) is 27.3. The molecule has 7 nitrogen and oxygen atoms in total. The van der Waals surface area contributed by atoms with E-state index >= 15 is 0 Å². The maximum atomic E-state index is 12.5. The van der Waals surface area contributed by atoms with Crippen LogP contribution in [0.1, 0.15) is 53.0 Å². The van der Waals surface area contributed by atoms with Crippen molar-refractivity contribution in [3.63, 3.8) is 0 Å². The summed E-state index contributed by atoms with van der Waals surface area (Å²) in [6.07, 6.45) is 1.37. The monoisotopic (exact) mass is 512 g/mol. The predicted octanol–water partition coefficient (Wildman–Crippen LogP) is 5.77. The summed E-state index contributed by atoms with van der Waals surface area (Å²) in [6.45, 7) is 7.64. The lowest BCUT2D eigenvalue weighted by atomic mass is 10.2. The number of unbranched alkanes of at least 4 members (excludes halogenated alkanes) is 1. The summed E-state index contributed by atoms with van der Waals surface area (Å²) < 4.78 is 21.4. The summed E-state index contributed by atoms with van der Waals surface area (Å²) >= 11 is 0. The van der Waals surface area contributed by atoms with E-state index in [2.05, 4.69) is 18.4 Å². The predicted molar refractivity (Wildman–Crippen MR) is 142 cm³/mol. The molecule has 0 atom stereocenters. The molecule has 0 heterocycles. The number of ether oxygens (including phenoxy) is 4. The summed E-state index contributed by atoms with van der Waals surface area (Å²) in [4.78, 5) is 36.2. The van der Waals surface area contributed by atoms with E-state index < -0.39 is 17.9 Å². The van der Waals surface area contributed by atoms with Crippen LogP contribution < -0.4 is 14.2 Å². The van der Waals surface area contributed by atoms with Gasteiger partial charge >= 0.3 is 17.9 Å². The van der Waals surface area contributed by atoms with E-state index in [0.717, 1.165) is 5.56 Å². The van der Waals surface area contributed by atoms with Gasteiger partial charge in [-0.05, 0) is 99.5 Å². The third-order valence-corrected chi connectivity index (χ3v) is 5.11. The Morgan fingerprint density at radius 1 is 0.711 bits per heavy atom. The first-order chi connectivity index (χ1) is 18.4. The molecule has 0 spiro atoms. The minimum Gasteiger partial charge on any atom is -0.494 e. The van der Waals surface area contributed by atoms with Crippen LogP contribution in [0.25, 0.3) is 0 Å². The lowest BCUT2D eigenvalue weighted by Crippen LogP contribution is -2.10. The minimum atomic E-state index is -0.540. The minimum absolute atomic E-state index is 0.293. The summed E-state index contributed by atoms with van der Waals surface area (Å²) in [5, 5.41) is 0. The van der Waals surface area contributed by atoms with E-state index in [4.69, 9.17) is 18.9 Å². The summed E-state index contributed by atoms with van der Waals surface area (Å²) in [5.41, 5.74) is 1.87. The van der Waals surface area contributed by atoms with Gasteiger partial charge in [-0.25, -0.2) is 14.4 Å². The molecule has 0 N–H and O–H groups in total. The van der Waals surface area contributed by atoms with E-state index in [1.807, 2.05) is 0 Å². The van der Waals surface area contributed by atoms with Gasteiger partial charge < -0.3 is 18.9 Å². The molecule has 0 amide bonds. The highest BCUT2D eigenvalue weighted by atomic mass is 16.5. The fourth-order valence-corrected chi connectivity index (χ4v) is 3.11. The highest BCUT2D eigenvalue weighted by Gasteiger charge is 2.12. The third kappa shape index (κ3) is 8.68. The van der Waals surface area contributed by atoms with E-state index in [-0.39, 0.29) is 0 Å². The molecular formula is C31H28O7. The summed E-state index contributed by atoms with van der Waals surface area (Å²) in [7, 11) is 0. The van der Waals surface area contributed by atoms with Gasteiger partial charge in [0.15, 0.2) is 0 Å². The number of hydrogen-bond acceptors (Lipinski definition) is 7. The quantitative estimate of drug-likeness (QED) is 0.106. The van der Waals surface area contributed by atoms with Crippen LogP contribution in [0, 0.1) is 11.8 Å². The van der Waals surface area contributed by atoms with Gasteiger partial charge in [0, 0.05) is 11.1 Å². The van der Waals surface area contributed by atoms with Gasteiger partial charge in [0.25, 0.3) is 0 Å². The van der Waals surface area contributed by atoms with Crippen LogP contribution in [0.15, 0.2) is 84.9 Å². The maximum absolute atomic E-state index is 12.5. The van der Waals surface area contributed by atoms with Crippen molar-refractivity contribution in [2.75, 3.05) is 13.2 Å². The molecule has 3 aromatic rings. The van der Waals surface area contributed by atoms with Crippen LogP contribution in [0.4, 0.5) is 0 Å². The topological polar surface area (TPSA) is 88.1 Å². The molecule has 3 rings (SSSR count). The molecule has 0 radical (unpaired) electrons. The van der Waals surface area contributed by atoms with Gasteiger partial charge in [-0.1, -0.05) is 12.5 Å². The molecule has 0 aromatic heterocycles. The Hall–Kier alpha value is -4.83. The van der Waals surface area contributed by atoms with Crippen LogP contribution in [0.3, 0.4) is 0 Å². The van der Waals surface area contributed by atoms with Crippen LogP contribution >= 0.6 is 0 Å². The van der Waals surface area contributed by atoms with Crippen molar-refractivity contribution in [2.45, 2.75) is 26.7 Å². The summed E-state index contributed by atoms with van der Waals surface area (Å²) in [6, 6.07) is 19.6. The number of rotatable bonds is 11. The molecule has 7 heteroatoms. The van der Waals surface area contributed by atoms with Gasteiger partial charge in [0.1, 0.15) is 17.2 Å². The molecular weight excluding hydrogens is 484 g/mol. The second-order valence-corrected chi connectivity index (χ2v) is 8.20. The Labute approximate surface area is 222 Å². The fourth-order valence-electron chi connectivity index (χ4n) is 3.11. The van der Waals surface area contributed by atoms with E-state index in [1.54, 1.807) is 62.4 Å². The molecule has 3 aromatic carbocycles. The van der Waals surface area contributed by atoms with Gasteiger partial charge in [-0.15, -0.1) is 5.92 Å².